The van der Waals surface area contributed by atoms with Crippen LogP contribution in [-0.4, -0.2) is 61.3 Å². The highest BCUT2D eigenvalue weighted by Crippen LogP contribution is 2.39. The van der Waals surface area contributed by atoms with Gasteiger partial charge in [-0.1, -0.05) is 13.8 Å². The quantitative estimate of drug-likeness (QED) is 0.793. The third kappa shape index (κ3) is 3.59. The smallest absolute Gasteiger partial charge is 0.225 e. The molecule has 1 saturated carbocycles. The summed E-state index contributed by atoms with van der Waals surface area (Å²) in [5.41, 5.74) is -0.248. The predicted octanol–water partition coefficient (Wildman–Crippen LogP) is 1.33. The molecular weight excluding hydrogens is 308 g/mol. The Hall–Kier alpha value is -1.14. The first kappa shape index (κ1) is 17.7. The molecule has 3 atom stereocenters. The van der Waals surface area contributed by atoms with E-state index in [0.29, 0.717) is 38.4 Å². The van der Waals surface area contributed by atoms with E-state index in [1.807, 2.05) is 4.90 Å². The van der Waals surface area contributed by atoms with Gasteiger partial charge in [0.2, 0.25) is 11.8 Å². The summed E-state index contributed by atoms with van der Waals surface area (Å²) in [7, 11) is 1.70. The van der Waals surface area contributed by atoms with Crippen LogP contribution in [0.15, 0.2) is 0 Å². The monoisotopic (exact) mass is 338 g/mol. The first-order valence-corrected chi connectivity index (χ1v) is 9.18. The molecule has 136 valence electrons. The lowest BCUT2D eigenvalue weighted by Gasteiger charge is -2.42. The van der Waals surface area contributed by atoms with Gasteiger partial charge in [-0.15, -0.1) is 0 Å². The molecule has 2 amide bonds. The van der Waals surface area contributed by atoms with Gasteiger partial charge in [-0.25, -0.2) is 0 Å². The van der Waals surface area contributed by atoms with Crippen molar-refractivity contribution in [3.05, 3.63) is 0 Å². The minimum atomic E-state index is -0.248. The summed E-state index contributed by atoms with van der Waals surface area (Å²) in [6.07, 6.45) is 4.05. The Morgan fingerprint density at radius 2 is 2.08 bits per heavy atom. The van der Waals surface area contributed by atoms with Crippen LogP contribution in [0.25, 0.3) is 0 Å². The van der Waals surface area contributed by atoms with Crippen LogP contribution in [0.3, 0.4) is 0 Å². The molecule has 24 heavy (non-hydrogen) atoms. The zero-order valence-corrected chi connectivity index (χ0v) is 15.0. The number of hydrogen-bond donors (Lipinski definition) is 1. The van der Waals surface area contributed by atoms with Crippen molar-refractivity contribution in [3.8, 4) is 0 Å². The Kier molecular flexibility index (Phi) is 5.16. The number of carbonyl (C=O) groups excluding carboxylic acids is 2. The topological polar surface area (TPSA) is 67.9 Å². The van der Waals surface area contributed by atoms with Crippen molar-refractivity contribution in [1.29, 1.82) is 0 Å². The minimum Gasteiger partial charge on any atom is -0.378 e. The van der Waals surface area contributed by atoms with E-state index in [1.165, 1.54) is 0 Å². The number of rotatable bonds is 6. The number of fused-ring (bicyclic) bond motifs is 2. The van der Waals surface area contributed by atoms with Gasteiger partial charge in [0.25, 0.3) is 0 Å². The van der Waals surface area contributed by atoms with Crippen LogP contribution in [0.5, 0.6) is 0 Å². The largest absolute Gasteiger partial charge is 0.378 e. The number of nitrogens with zero attached hydrogens (tertiary/aromatic N) is 1. The van der Waals surface area contributed by atoms with E-state index in [0.717, 1.165) is 19.3 Å². The molecule has 6 heteroatoms. The van der Waals surface area contributed by atoms with Gasteiger partial charge in [0.1, 0.15) is 0 Å². The fourth-order valence-corrected chi connectivity index (χ4v) is 3.98. The van der Waals surface area contributed by atoms with E-state index in [4.69, 9.17) is 9.47 Å². The van der Waals surface area contributed by atoms with E-state index in [9.17, 15) is 9.59 Å². The molecule has 1 N–H and O–H groups in total. The van der Waals surface area contributed by atoms with Crippen LogP contribution < -0.4 is 5.32 Å². The summed E-state index contributed by atoms with van der Waals surface area (Å²) in [6.45, 7) is 5.97. The highest BCUT2D eigenvalue weighted by molar-refractivity contribution is 5.81. The fraction of sp³-hybridized carbons (Fsp3) is 0.889. The Morgan fingerprint density at radius 3 is 2.67 bits per heavy atom. The molecule has 0 aromatic carbocycles. The van der Waals surface area contributed by atoms with Crippen LogP contribution in [0.4, 0.5) is 0 Å². The second-order valence-electron chi connectivity index (χ2n) is 7.99. The molecule has 6 nitrogen and oxygen atoms in total. The van der Waals surface area contributed by atoms with Crippen LogP contribution in [0.2, 0.25) is 0 Å². The summed E-state index contributed by atoms with van der Waals surface area (Å²) in [5.74, 6) is 0.504. The van der Waals surface area contributed by atoms with Gasteiger partial charge in [0, 0.05) is 26.7 Å². The van der Waals surface area contributed by atoms with Crippen LogP contribution in [0, 0.1) is 11.8 Å². The summed E-state index contributed by atoms with van der Waals surface area (Å²) in [4.78, 5) is 26.9. The molecule has 1 aliphatic carbocycles. The zero-order chi connectivity index (χ0) is 17.3. The molecule has 2 saturated heterocycles. The Morgan fingerprint density at radius 1 is 1.33 bits per heavy atom. The van der Waals surface area contributed by atoms with Gasteiger partial charge in [0.05, 0.1) is 30.1 Å². The van der Waals surface area contributed by atoms with E-state index in [2.05, 4.69) is 19.2 Å². The Labute approximate surface area is 144 Å². The van der Waals surface area contributed by atoms with E-state index >= 15 is 0 Å². The van der Waals surface area contributed by atoms with Gasteiger partial charge in [-0.3, -0.25) is 9.59 Å². The zero-order valence-electron chi connectivity index (χ0n) is 15.0. The molecule has 0 spiro atoms. The number of likely N-dealkylation sites (tertiary alicyclic amines) is 1. The molecule has 3 rings (SSSR count). The number of carbonyl (C=O) groups is 2. The molecule has 2 heterocycles. The second-order valence-corrected chi connectivity index (χ2v) is 7.99. The van der Waals surface area contributed by atoms with E-state index in [-0.39, 0.29) is 35.5 Å². The second kappa shape index (κ2) is 7.00. The van der Waals surface area contributed by atoms with Gasteiger partial charge in [0.15, 0.2) is 0 Å². The van der Waals surface area contributed by atoms with Crippen molar-refractivity contribution in [1.82, 2.24) is 10.2 Å². The molecule has 3 aliphatic rings. The Balaban J connectivity index is 1.55. The van der Waals surface area contributed by atoms with Crippen molar-refractivity contribution in [2.75, 3.05) is 26.7 Å². The third-order valence-electron chi connectivity index (χ3n) is 5.70. The number of nitrogens with one attached hydrogen (secondary N) is 1. The van der Waals surface area contributed by atoms with Crippen LogP contribution >= 0.6 is 0 Å². The van der Waals surface area contributed by atoms with Gasteiger partial charge >= 0.3 is 0 Å². The minimum absolute atomic E-state index is 0.0117. The molecule has 2 bridgehead atoms. The maximum atomic E-state index is 12.7. The van der Waals surface area contributed by atoms with Gasteiger partial charge < -0.3 is 19.7 Å². The number of methoxy groups -OCH3 is 1. The number of ether oxygens (including phenoxy) is 2. The first-order chi connectivity index (χ1) is 11.4. The highest BCUT2D eigenvalue weighted by Gasteiger charge is 2.47. The number of amides is 2. The summed E-state index contributed by atoms with van der Waals surface area (Å²) in [6, 6.07) is 0. The molecular formula is C18H30N2O4. The van der Waals surface area contributed by atoms with Crippen molar-refractivity contribution in [2.45, 2.75) is 63.8 Å². The lowest BCUT2D eigenvalue weighted by atomic mass is 9.77. The molecule has 3 fully saturated rings. The first-order valence-electron chi connectivity index (χ1n) is 9.18. The Bertz CT molecular complexity index is 484. The molecule has 0 aromatic heterocycles. The molecule has 0 radical (unpaired) electrons. The summed E-state index contributed by atoms with van der Waals surface area (Å²) >= 11 is 0. The standard InChI is InChI=1S/C18H30N2O4/c1-12(2)9-19-17(22)14-7-13-10-20(11-15(14)24-13)16(21)8-18(23-3)5-4-6-18/h12-15H,4-11H2,1-3H3,(H,19,22). The maximum Gasteiger partial charge on any atom is 0.225 e. The molecule has 2 aliphatic heterocycles. The summed E-state index contributed by atoms with van der Waals surface area (Å²) in [5, 5.41) is 3.00. The van der Waals surface area contributed by atoms with E-state index in [1.54, 1.807) is 7.11 Å². The van der Waals surface area contributed by atoms with Crippen molar-refractivity contribution >= 4 is 11.8 Å². The lowest BCUT2D eigenvalue weighted by Crippen LogP contribution is -2.51. The van der Waals surface area contributed by atoms with Crippen LogP contribution in [-0.2, 0) is 19.1 Å². The average Bonchev–Trinajstić information content (AvgIpc) is 2.82. The molecule has 3 unspecified atom stereocenters. The van der Waals surface area contributed by atoms with Crippen molar-refractivity contribution < 1.29 is 19.1 Å². The van der Waals surface area contributed by atoms with Gasteiger partial charge in [-0.05, 0) is 31.6 Å². The van der Waals surface area contributed by atoms with E-state index < -0.39 is 0 Å². The lowest BCUT2D eigenvalue weighted by molar-refractivity contribution is -0.153. The fourth-order valence-electron chi connectivity index (χ4n) is 3.98. The average molecular weight is 338 g/mol. The number of hydrogen-bond acceptors (Lipinski definition) is 4. The normalized spacial score (nSPS) is 31.0. The van der Waals surface area contributed by atoms with Crippen molar-refractivity contribution in [2.24, 2.45) is 11.8 Å². The van der Waals surface area contributed by atoms with Crippen molar-refractivity contribution in [3.63, 3.8) is 0 Å². The summed E-state index contributed by atoms with van der Waals surface area (Å²) < 4.78 is 11.5. The molecule has 0 aromatic rings. The highest BCUT2D eigenvalue weighted by atomic mass is 16.5. The SMILES string of the molecule is COC1(CC(=O)N2CC3CC(C(=O)NCC(C)C)C(C2)O3)CCC1. The predicted molar refractivity (Wildman–Crippen MR) is 89.4 cm³/mol. The third-order valence-corrected chi connectivity index (χ3v) is 5.70. The van der Waals surface area contributed by atoms with Crippen LogP contribution in [0.1, 0.15) is 46.0 Å². The number of morpholine rings is 1. The van der Waals surface area contributed by atoms with Gasteiger partial charge in [-0.2, -0.15) is 0 Å². The maximum absolute atomic E-state index is 12.7.